The third kappa shape index (κ3) is 4.76. The van der Waals surface area contributed by atoms with Crippen LogP contribution in [-0.4, -0.2) is 17.4 Å². The number of hydrogen-bond acceptors (Lipinski definition) is 5. The number of nitrogens with zero attached hydrogens (tertiary/aromatic N) is 2. The molecule has 0 saturated carbocycles. The first kappa shape index (κ1) is 19.6. The molecule has 0 fully saturated rings. The molecule has 0 bridgehead atoms. The van der Waals surface area contributed by atoms with E-state index in [2.05, 4.69) is 29.7 Å². The number of nitrogens with one attached hydrogen (secondary N) is 2. The van der Waals surface area contributed by atoms with Gasteiger partial charge in [-0.1, -0.05) is 19.4 Å². The van der Waals surface area contributed by atoms with Crippen molar-refractivity contribution in [3.63, 3.8) is 0 Å². The molecule has 0 saturated heterocycles. The van der Waals surface area contributed by atoms with Gasteiger partial charge in [-0.05, 0) is 55.3 Å². The third-order valence-electron chi connectivity index (χ3n) is 4.24. The Morgan fingerprint density at radius 2 is 2.04 bits per heavy atom. The molecular weight excluding hydrogens is 368 g/mol. The van der Waals surface area contributed by atoms with Gasteiger partial charge in [0.1, 0.15) is 16.6 Å². The summed E-state index contributed by atoms with van der Waals surface area (Å²) < 4.78 is 1.17. The van der Waals surface area contributed by atoms with E-state index in [9.17, 15) is 10.1 Å². The van der Waals surface area contributed by atoms with Crippen LogP contribution in [0.2, 0.25) is 0 Å². The molecule has 0 unspecified atom stereocenters. The van der Waals surface area contributed by atoms with Gasteiger partial charge in [0.25, 0.3) is 5.91 Å². The van der Waals surface area contributed by atoms with Crippen molar-refractivity contribution in [2.75, 3.05) is 11.9 Å². The van der Waals surface area contributed by atoms with Crippen molar-refractivity contribution in [2.45, 2.75) is 26.7 Å². The standard InChI is InChI=1S/C22H22N4OS/c1-3-4-11-24-21(27)17(13-23)14-25-18-8-6-16(7-9-18)22-26-19-10-5-15(2)12-20(19)28-22/h5-10,12,14,25H,3-4,11H2,1-2H3,(H,24,27)/b17-14-. The Labute approximate surface area is 168 Å². The summed E-state index contributed by atoms with van der Waals surface area (Å²) in [5.74, 6) is -0.357. The minimum Gasteiger partial charge on any atom is -0.360 e. The van der Waals surface area contributed by atoms with Gasteiger partial charge in [0.15, 0.2) is 0 Å². The summed E-state index contributed by atoms with van der Waals surface area (Å²) in [6, 6.07) is 16.0. The number of nitriles is 1. The van der Waals surface area contributed by atoms with E-state index < -0.39 is 0 Å². The smallest absolute Gasteiger partial charge is 0.263 e. The van der Waals surface area contributed by atoms with Gasteiger partial charge in [0, 0.05) is 24.0 Å². The maximum Gasteiger partial charge on any atom is 0.263 e. The average molecular weight is 391 g/mol. The van der Waals surface area contributed by atoms with Crippen LogP contribution in [0.3, 0.4) is 0 Å². The first-order chi connectivity index (χ1) is 13.6. The SMILES string of the molecule is CCCCNC(=O)/C(C#N)=C\Nc1ccc(-c2nc3ccc(C)cc3s2)cc1. The number of carbonyl (C=O) groups is 1. The maximum absolute atomic E-state index is 12.0. The van der Waals surface area contributed by atoms with Crippen molar-refractivity contribution in [3.8, 4) is 16.6 Å². The van der Waals surface area contributed by atoms with Crippen LogP contribution in [0.4, 0.5) is 5.69 Å². The molecule has 1 aromatic heterocycles. The highest BCUT2D eigenvalue weighted by Crippen LogP contribution is 2.31. The number of aromatic nitrogens is 1. The predicted molar refractivity (Wildman–Crippen MR) is 115 cm³/mol. The van der Waals surface area contributed by atoms with Crippen LogP contribution in [-0.2, 0) is 4.79 Å². The molecule has 142 valence electrons. The van der Waals surface area contributed by atoms with Crippen molar-refractivity contribution in [3.05, 3.63) is 59.8 Å². The van der Waals surface area contributed by atoms with E-state index in [4.69, 9.17) is 4.98 Å². The number of hydrogen-bond donors (Lipinski definition) is 2. The van der Waals surface area contributed by atoms with E-state index in [1.165, 1.54) is 16.5 Å². The Morgan fingerprint density at radius 1 is 1.25 bits per heavy atom. The minimum atomic E-state index is -0.357. The number of thiazole rings is 1. The molecule has 6 heteroatoms. The minimum absolute atomic E-state index is 0.0572. The highest BCUT2D eigenvalue weighted by atomic mass is 32.1. The van der Waals surface area contributed by atoms with E-state index in [0.717, 1.165) is 34.6 Å². The molecule has 1 heterocycles. The normalized spacial score (nSPS) is 11.2. The molecule has 0 aliphatic carbocycles. The summed E-state index contributed by atoms with van der Waals surface area (Å²) >= 11 is 1.67. The maximum atomic E-state index is 12.0. The second kappa shape index (κ2) is 9.16. The van der Waals surface area contributed by atoms with Crippen LogP contribution in [0, 0.1) is 18.3 Å². The molecule has 0 atom stereocenters. The fourth-order valence-corrected chi connectivity index (χ4v) is 3.71. The zero-order chi connectivity index (χ0) is 19.9. The molecule has 3 aromatic rings. The summed E-state index contributed by atoms with van der Waals surface area (Å²) in [6.45, 7) is 4.70. The lowest BCUT2D eigenvalue weighted by Crippen LogP contribution is -2.25. The summed E-state index contributed by atoms with van der Waals surface area (Å²) in [7, 11) is 0. The third-order valence-corrected chi connectivity index (χ3v) is 5.31. The van der Waals surface area contributed by atoms with E-state index in [-0.39, 0.29) is 11.5 Å². The molecule has 2 N–H and O–H groups in total. The van der Waals surface area contributed by atoms with Crippen LogP contribution >= 0.6 is 11.3 Å². The Kier molecular flexibility index (Phi) is 6.41. The second-order valence-electron chi connectivity index (χ2n) is 6.49. The number of amides is 1. The molecule has 0 radical (unpaired) electrons. The number of aryl methyl sites for hydroxylation is 1. The molecule has 5 nitrogen and oxygen atoms in total. The lowest BCUT2D eigenvalue weighted by molar-refractivity contribution is -0.117. The number of fused-ring (bicyclic) bond motifs is 1. The number of rotatable bonds is 7. The Hall–Kier alpha value is -3.17. The van der Waals surface area contributed by atoms with Crippen LogP contribution in [0.15, 0.2) is 54.2 Å². The fraction of sp³-hybridized carbons (Fsp3) is 0.227. The molecule has 28 heavy (non-hydrogen) atoms. The van der Waals surface area contributed by atoms with Gasteiger partial charge in [0.05, 0.1) is 10.2 Å². The molecule has 2 aromatic carbocycles. The van der Waals surface area contributed by atoms with Crippen LogP contribution in [0.1, 0.15) is 25.3 Å². The zero-order valence-corrected chi connectivity index (χ0v) is 16.8. The number of carbonyl (C=O) groups excluding carboxylic acids is 1. The van der Waals surface area contributed by atoms with Gasteiger partial charge in [-0.2, -0.15) is 5.26 Å². The van der Waals surface area contributed by atoms with Gasteiger partial charge in [-0.3, -0.25) is 4.79 Å². The van der Waals surface area contributed by atoms with Gasteiger partial charge < -0.3 is 10.6 Å². The molecule has 0 aliphatic rings. The molecule has 0 spiro atoms. The van der Waals surface area contributed by atoms with Gasteiger partial charge >= 0.3 is 0 Å². The summed E-state index contributed by atoms with van der Waals surface area (Å²) in [5.41, 5.74) is 4.12. The lowest BCUT2D eigenvalue weighted by Gasteiger charge is -2.05. The molecular formula is C22H22N4OS. The van der Waals surface area contributed by atoms with E-state index >= 15 is 0 Å². The van der Waals surface area contributed by atoms with Gasteiger partial charge in [0.2, 0.25) is 0 Å². The first-order valence-corrected chi connectivity index (χ1v) is 10.0. The van der Waals surface area contributed by atoms with Crippen LogP contribution < -0.4 is 10.6 Å². The quantitative estimate of drug-likeness (QED) is 0.338. The monoisotopic (exact) mass is 390 g/mol. The summed E-state index contributed by atoms with van der Waals surface area (Å²) in [4.78, 5) is 16.7. The zero-order valence-electron chi connectivity index (χ0n) is 16.0. The van der Waals surface area contributed by atoms with E-state index in [0.29, 0.717) is 6.54 Å². The number of unbranched alkanes of at least 4 members (excludes halogenated alkanes) is 1. The van der Waals surface area contributed by atoms with Gasteiger partial charge in [-0.25, -0.2) is 4.98 Å². The molecule has 1 amide bonds. The molecule has 0 aliphatic heterocycles. The van der Waals surface area contributed by atoms with E-state index in [1.54, 1.807) is 11.3 Å². The number of anilines is 1. The molecule has 3 rings (SSSR count). The van der Waals surface area contributed by atoms with E-state index in [1.807, 2.05) is 43.3 Å². The van der Waals surface area contributed by atoms with Crippen molar-refractivity contribution in [1.29, 1.82) is 5.26 Å². The lowest BCUT2D eigenvalue weighted by atomic mass is 10.2. The highest BCUT2D eigenvalue weighted by molar-refractivity contribution is 7.21. The largest absolute Gasteiger partial charge is 0.360 e. The van der Waals surface area contributed by atoms with Crippen molar-refractivity contribution < 1.29 is 4.79 Å². The van der Waals surface area contributed by atoms with Gasteiger partial charge in [-0.15, -0.1) is 11.3 Å². The number of benzene rings is 2. The van der Waals surface area contributed by atoms with Crippen LogP contribution in [0.25, 0.3) is 20.8 Å². The van der Waals surface area contributed by atoms with Crippen LogP contribution in [0.5, 0.6) is 0 Å². The Balaban J connectivity index is 1.69. The van der Waals surface area contributed by atoms with Crippen molar-refractivity contribution in [2.24, 2.45) is 0 Å². The van der Waals surface area contributed by atoms with Crippen molar-refractivity contribution >= 4 is 33.1 Å². The second-order valence-corrected chi connectivity index (χ2v) is 7.52. The fourth-order valence-electron chi connectivity index (χ4n) is 2.64. The summed E-state index contributed by atoms with van der Waals surface area (Å²) in [5, 5.41) is 15.9. The predicted octanol–water partition coefficient (Wildman–Crippen LogP) is 5.01. The first-order valence-electron chi connectivity index (χ1n) is 9.23. The highest BCUT2D eigenvalue weighted by Gasteiger charge is 2.08. The van der Waals surface area contributed by atoms with Crippen molar-refractivity contribution in [1.82, 2.24) is 10.3 Å². The average Bonchev–Trinajstić information content (AvgIpc) is 3.12. The Bertz CT molecular complexity index is 1040. The summed E-state index contributed by atoms with van der Waals surface area (Å²) in [6.07, 6.45) is 3.33. The topological polar surface area (TPSA) is 77.8 Å². The Morgan fingerprint density at radius 3 is 2.75 bits per heavy atom.